The second-order valence-electron chi connectivity index (χ2n) is 8.24. The van der Waals surface area contributed by atoms with Gasteiger partial charge in [0.1, 0.15) is 6.04 Å². The van der Waals surface area contributed by atoms with Gasteiger partial charge in [-0.25, -0.2) is 8.42 Å². The van der Waals surface area contributed by atoms with Crippen LogP contribution in [0, 0.1) is 6.92 Å². The van der Waals surface area contributed by atoms with Gasteiger partial charge in [0.2, 0.25) is 15.9 Å². The minimum absolute atomic E-state index is 0.339. The van der Waals surface area contributed by atoms with Crippen molar-refractivity contribution in [1.82, 2.24) is 10.2 Å². The molecule has 1 amide bonds. The molecule has 0 aliphatic carbocycles. The second kappa shape index (κ2) is 9.70. The van der Waals surface area contributed by atoms with Crippen LogP contribution >= 0.6 is 0 Å². The van der Waals surface area contributed by atoms with Crippen molar-refractivity contribution in [1.29, 1.82) is 0 Å². The highest BCUT2D eigenvalue weighted by Crippen LogP contribution is 2.22. The molecule has 0 saturated carbocycles. The molecule has 31 heavy (non-hydrogen) atoms. The van der Waals surface area contributed by atoms with Gasteiger partial charge in [-0.3, -0.25) is 9.10 Å². The third-order valence-corrected chi connectivity index (χ3v) is 6.89. The van der Waals surface area contributed by atoms with E-state index in [9.17, 15) is 13.2 Å². The number of benzene rings is 2. The minimum Gasteiger partial charge on any atom is -0.369 e. The predicted molar refractivity (Wildman–Crippen MR) is 126 cm³/mol. The lowest BCUT2D eigenvalue weighted by molar-refractivity contribution is -0.122. The Morgan fingerprint density at radius 1 is 1.03 bits per heavy atom. The molecule has 1 atom stereocenters. The van der Waals surface area contributed by atoms with Crippen molar-refractivity contribution in [3.05, 3.63) is 59.7 Å². The van der Waals surface area contributed by atoms with E-state index in [0.29, 0.717) is 12.2 Å². The molecule has 1 aliphatic heterocycles. The first-order chi connectivity index (χ1) is 14.6. The highest BCUT2D eigenvalue weighted by Gasteiger charge is 2.28. The fraction of sp³-hybridized carbons (Fsp3) is 0.435. The number of aryl methyl sites for hydroxylation is 1. The Labute approximate surface area is 185 Å². The number of anilines is 2. The average Bonchev–Trinajstić information content (AvgIpc) is 2.73. The summed E-state index contributed by atoms with van der Waals surface area (Å²) in [5, 5.41) is 2.87. The van der Waals surface area contributed by atoms with Gasteiger partial charge in [-0.1, -0.05) is 29.8 Å². The van der Waals surface area contributed by atoms with Gasteiger partial charge in [-0.2, -0.15) is 0 Å². The SMILES string of the molecule is Cc1ccc(N([C@H](C)C(=O)NCc2ccc(N3CCN(C)CC3)cc2)S(C)(=O)=O)cc1. The Kier molecular flexibility index (Phi) is 7.23. The summed E-state index contributed by atoms with van der Waals surface area (Å²) in [6.45, 7) is 7.99. The van der Waals surface area contributed by atoms with E-state index in [0.717, 1.165) is 47.9 Å². The summed E-state index contributed by atoms with van der Waals surface area (Å²) in [5.41, 5.74) is 3.65. The van der Waals surface area contributed by atoms with Crippen LogP contribution < -0.4 is 14.5 Å². The molecule has 168 valence electrons. The van der Waals surface area contributed by atoms with Crippen LogP contribution in [0.5, 0.6) is 0 Å². The maximum absolute atomic E-state index is 12.8. The first-order valence-electron chi connectivity index (χ1n) is 10.5. The number of likely N-dealkylation sites (N-methyl/N-ethyl adjacent to an activating group) is 1. The Hall–Kier alpha value is -2.58. The van der Waals surface area contributed by atoms with Gasteiger partial charge in [0.15, 0.2) is 0 Å². The van der Waals surface area contributed by atoms with Crippen LogP contribution in [-0.4, -0.2) is 64.7 Å². The smallest absolute Gasteiger partial charge is 0.243 e. The standard InChI is InChI=1S/C23H32N4O3S/c1-18-5-9-22(10-6-18)27(31(4,29)30)19(2)23(28)24-17-20-7-11-21(12-8-20)26-15-13-25(3)14-16-26/h5-12,19H,13-17H2,1-4H3,(H,24,28)/t19-/m1/s1. The molecular formula is C23H32N4O3S. The molecule has 0 unspecified atom stereocenters. The maximum atomic E-state index is 12.8. The number of hydrogen-bond acceptors (Lipinski definition) is 5. The third kappa shape index (κ3) is 5.98. The number of carbonyl (C=O) groups is 1. The summed E-state index contributed by atoms with van der Waals surface area (Å²) < 4.78 is 25.9. The zero-order valence-electron chi connectivity index (χ0n) is 18.7. The molecule has 2 aromatic carbocycles. The summed E-state index contributed by atoms with van der Waals surface area (Å²) >= 11 is 0. The monoisotopic (exact) mass is 444 g/mol. The van der Waals surface area contributed by atoms with Crippen molar-refractivity contribution >= 4 is 27.3 Å². The first kappa shape index (κ1) is 23.1. The van der Waals surface area contributed by atoms with Gasteiger partial charge >= 0.3 is 0 Å². The summed E-state index contributed by atoms with van der Waals surface area (Å²) in [6, 6.07) is 14.4. The average molecular weight is 445 g/mol. The molecule has 1 saturated heterocycles. The molecule has 0 spiro atoms. The predicted octanol–water partition coefficient (Wildman–Crippen LogP) is 2.22. The van der Waals surface area contributed by atoms with Crippen LogP contribution in [0.1, 0.15) is 18.1 Å². The molecular weight excluding hydrogens is 412 g/mol. The molecule has 1 aliphatic rings. The molecule has 1 N–H and O–H groups in total. The normalized spacial score (nSPS) is 16.1. The van der Waals surface area contributed by atoms with Crippen LogP contribution in [-0.2, 0) is 21.4 Å². The molecule has 8 heteroatoms. The molecule has 0 aromatic heterocycles. The summed E-state index contributed by atoms with van der Waals surface area (Å²) in [7, 11) is -1.48. The van der Waals surface area contributed by atoms with Crippen LogP contribution in [0.2, 0.25) is 0 Å². The molecule has 0 bridgehead atoms. The molecule has 2 aromatic rings. The number of hydrogen-bond donors (Lipinski definition) is 1. The zero-order valence-corrected chi connectivity index (χ0v) is 19.5. The Balaban J connectivity index is 1.62. The number of amides is 1. The number of carbonyl (C=O) groups excluding carboxylic acids is 1. The highest BCUT2D eigenvalue weighted by atomic mass is 32.2. The van der Waals surface area contributed by atoms with Crippen molar-refractivity contribution in [2.24, 2.45) is 0 Å². The first-order valence-corrected chi connectivity index (χ1v) is 12.4. The highest BCUT2D eigenvalue weighted by molar-refractivity contribution is 7.92. The van der Waals surface area contributed by atoms with E-state index < -0.39 is 16.1 Å². The molecule has 0 radical (unpaired) electrons. The number of sulfonamides is 1. The quantitative estimate of drug-likeness (QED) is 0.709. The molecule has 3 rings (SSSR count). The fourth-order valence-corrected chi connectivity index (χ4v) is 4.90. The topological polar surface area (TPSA) is 73.0 Å². The lowest BCUT2D eigenvalue weighted by atomic mass is 10.1. The van der Waals surface area contributed by atoms with E-state index in [4.69, 9.17) is 0 Å². The van der Waals surface area contributed by atoms with Crippen molar-refractivity contribution in [3.63, 3.8) is 0 Å². The lowest BCUT2D eigenvalue weighted by Gasteiger charge is -2.34. The van der Waals surface area contributed by atoms with Crippen molar-refractivity contribution in [2.75, 3.05) is 48.7 Å². The summed E-state index contributed by atoms with van der Waals surface area (Å²) in [6.07, 6.45) is 1.12. The molecule has 7 nitrogen and oxygen atoms in total. The van der Waals surface area contributed by atoms with Crippen LogP contribution in [0.3, 0.4) is 0 Å². The van der Waals surface area contributed by atoms with Gasteiger partial charge < -0.3 is 15.1 Å². The van der Waals surface area contributed by atoms with Gasteiger partial charge in [-0.15, -0.1) is 0 Å². The van der Waals surface area contributed by atoms with Gasteiger partial charge in [0.25, 0.3) is 0 Å². The van der Waals surface area contributed by atoms with Gasteiger partial charge in [0, 0.05) is 38.4 Å². The number of piperazine rings is 1. The largest absolute Gasteiger partial charge is 0.369 e. The van der Waals surface area contributed by atoms with Gasteiger partial charge in [0.05, 0.1) is 11.9 Å². The van der Waals surface area contributed by atoms with Crippen molar-refractivity contribution in [3.8, 4) is 0 Å². The fourth-order valence-electron chi connectivity index (χ4n) is 3.73. The number of nitrogens with one attached hydrogen (secondary N) is 1. The van der Waals surface area contributed by atoms with E-state index >= 15 is 0 Å². The van der Waals surface area contributed by atoms with Gasteiger partial charge in [-0.05, 0) is 50.7 Å². The van der Waals surface area contributed by atoms with E-state index in [-0.39, 0.29) is 5.91 Å². The Morgan fingerprint density at radius 2 is 1.61 bits per heavy atom. The van der Waals surface area contributed by atoms with E-state index in [2.05, 4.69) is 34.3 Å². The van der Waals surface area contributed by atoms with Crippen molar-refractivity contribution < 1.29 is 13.2 Å². The second-order valence-corrected chi connectivity index (χ2v) is 10.1. The third-order valence-electron chi connectivity index (χ3n) is 5.65. The summed E-state index contributed by atoms with van der Waals surface area (Å²) in [4.78, 5) is 17.4. The van der Waals surface area contributed by atoms with Crippen LogP contribution in [0.15, 0.2) is 48.5 Å². The maximum Gasteiger partial charge on any atom is 0.243 e. The van der Waals surface area contributed by atoms with E-state index in [1.54, 1.807) is 19.1 Å². The Bertz CT molecular complexity index is 982. The van der Waals surface area contributed by atoms with Crippen LogP contribution in [0.4, 0.5) is 11.4 Å². The van der Waals surface area contributed by atoms with E-state index in [1.807, 2.05) is 31.2 Å². The molecule has 1 heterocycles. The summed E-state index contributed by atoms with van der Waals surface area (Å²) in [5.74, 6) is -0.339. The van der Waals surface area contributed by atoms with Crippen molar-refractivity contribution in [2.45, 2.75) is 26.4 Å². The van der Waals surface area contributed by atoms with E-state index in [1.165, 1.54) is 5.69 Å². The minimum atomic E-state index is -3.62. The lowest BCUT2D eigenvalue weighted by Crippen LogP contribution is -2.47. The van der Waals surface area contributed by atoms with Crippen LogP contribution in [0.25, 0.3) is 0 Å². The Morgan fingerprint density at radius 3 is 2.16 bits per heavy atom. The number of rotatable bonds is 7. The zero-order chi connectivity index (χ0) is 22.6. The molecule has 1 fully saturated rings. The number of nitrogens with zero attached hydrogens (tertiary/aromatic N) is 3.